The molecular formula is C22H21N3O4. The predicted octanol–water partition coefficient (Wildman–Crippen LogP) is 2.75. The Morgan fingerprint density at radius 1 is 1.10 bits per heavy atom. The summed E-state index contributed by atoms with van der Waals surface area (Å²) in [4.78, 5) is 16.1. The van der Waals surface area contributed by atoms with E-state index in [4.69, 9.17) is 20.9 Å². The van der Waals surface area contributed by atoms with Crippen molar-refractivity contribution in [3.63, 3.8) is 0 Å². The zero-order valence-corrected chi connectivity index (χ0v) is 15.6. The SMILES string of the molecule is Nc1cnccc1C(Oc1ccc2c(c1)OCCC2=O)c1ccc(C(N)O)cc1. The number of hydrogen-bond donors (Lipinski definition) is 3. The fourth-order valence-electron chi connectivity index (χ4n) is 3.29. The number of carbonyl (C=O) groups excluding carboxylic acids is 1. The number of benzene rings is 2. The van der Waals surface area contributed by atoms with Crippen molar-refractivity contribution in [2.24, 2.45) is 5.73 Å². The normalized spacial score (nSPS) is 15.2. The summed E-state index contributed by atoms with van der Waals surface area (Å²) in [7, 11) is 0. The largest absolute Gasteiger partial charge is 0.492 e. The van der Waals surface area contributed by atoms with Crippen LogP contribution in [0.25, 0.3) is 0 Å². The van der Waals surface area contributed by atoms with Crippen LogP contribution in [0.5, 0.6) is 11.5 Å². The van der Waals surface area contributed by atoms with E-state index in [9.17, 15) is 9.90 Å². The minimum absolute atomic E-state index is 0.0589. The molecule has 0 bridgehead atoms. The molecule has 1 aromatic heterocycles. The van der Waals surface area contributed by atoms with E-state index in [-0.39, 0.29) is 5.78 Å². The van der Waals surface area contributed by atoms with Gasteiger partial charge in [-0.25, -0.2) is 0 Å². The molecule has 2 atom stereocenters. The summed E-state index contributed by atoms with van der Waals surface area (Å²) in [6.07, 6.45) is 2.01. The summed E-state index contributed by atoms with van der Waals surface area (Å²) in [5, 5.41) is 9.56. The number of carbonyl (C=O) groups is 1. The van der Waals surface area contributed by atoms with Gasteiger partial charge in [-0.2, -0.15) is 0 Å². The number of aromatic nitrogens is 1. The summed E-state index contributed by atoms with van der Waals surface area (Å²) < 4.78 is 11.9. The molecule has 148 valence electrons. The van der Waals surface area contributed by atoms with E-state index >= 15 is 0 Å². The van der Waals surface area contributed by atoms with Gasteiger partial charge in [-0.1, -0.05) is 24.3 Å². The first-order chi connectivity index (χ1) is 14.0. The molecule has 0 amide bonds. The summed E-state index contributed by atoms with van der Waals surface area (Å²) in [5.41, 5.74) is 14.9. The van der Waals surface area contributed by atoms with Gasteiger partial charge in [0.25, 0.3) is 0 Å². The second-order valence-corrected chi connectivity index (χ2v) is 6.79. The van der Waals surface area contributed by atoms with Gasteiger partial charge in [0.15, 0.2) is 11.9 Å². The van der Waals surface area contributed by atoms with E-state index in [1.54, 1.807) is 48.8 Å². The quantitative estimate of drug-likeness (QED) is 0.572. The van der Waals surface area contributed by atoms with Gasteiger partial charge in [0.2, 0.25) is 0 Å². The molecule has 0 radical (unpaired) electrons. The molecule has 0 spiro atoms. The maximum Gasteiger partial charge on any atom is 0.169 e. The number of ether oxygens (including phenoxy) is 2. The topological polar surface area (TPSA) is 121 Å². The van der Waals surface area contributed by atoms with E-state index in [0.717, 1.165) is 11.1 Å². The van der Waals surface area contributed by atoms with Crippen LogP contribution in [0.15, 0.2) is 60.9 Å². The Hall–Kier alpha value is -3.42. The first kappa shape index (κ1) is 18.9. The van der Waals surface area contributed by atoms with E-state index in [1.165, 1.54) is 0 Å². The van der Waals surface area contributed by atoms with Crippen molar-refractivity contribution in [2.75, 3.05) is 12.3 Å². The molecule has 0 saturated heterocycles. The molecule has 5 N–H and O–H groups in total. The Morgan fingerprint density at radius 2 is 1.86 bits per heavy atom. The zero-order chi connectivity index (χ0) is 20.4. The van der Waals surface area contributed by atoms with Crippen LogP contribution in [-0.4, -0.2) is 22.5 Å². The third-order valence-corrected chi connectivity index (χ3v) is 4.84. The number of hydrogen-bond acceptors (Lipinski definition) is 7. The fourth-order valence-corrected chi connectivity index (χ4v) is 3.29. The Labute approximate surface area is 167 Å². The van der Waals surface area contributed by atoms with Crippen LogP contribution in [0.3, 0.4) is 0 Å². The van der Waals surface area contributed by atoms with E-state index in [0.29, 0.717) is 41.3 Å². The molecule has 3 aromatic rings. The minimum atomic E-state index is -1.05. The van der Waals surface area contributed by atoms with Crippen molar-refractivity contribution in [1.29, 1.82) is 0 Å². The standard InChI is InChI=1S/C22H21N3O4/c23-18-12-25-9-7-16(18)21(13-1-3-14(4-2-13)22(24)27)29-15-5-6-17-19(26)8-10-28-20(17)11-15/h1-7,9,11-12,21-22,27H,8,10,23-24H2. The number of nitrogen functional groups attached to an aromatic ring is 1. The fraction of sp³-hybridized carbons (Fsp3) is 0.182. The smallest absolute Gasteiger partial charge is 0.169 e. The van der Waals surface area contributed by atoms with Crippen molar-refractivity contribution in [2.45, 2.75) is 18.8 Å². The Balaban J connectivity index is 1.71. The molecule has 4 rings (SSSR count). The van der Waals surface area contributed by atoms with Crippen molar-refractivity contribution < 1.29 is 19.4 Å². The van der Waals surface area contributed by atoms with Crippen molar-refractivity contribution >= 4 is 11.5 Å². The van der Waals surface area contributed by atoms with Gasteiger partial charge in [0.1, 0.15) is 17.7 Å². The number of nitrogens with zero attached hydrogens (tertiary/aromatic N) is 1. The molecule has 7 heteroatoms. The molecule has 0 fully saturated rings. The zero-order valence-electron chi connectivity index (χ0n) is 15.6. The van der Waals surface area contributed by atoms with Gasteiger partial charge in [0, 0.05) is 24.2 Å². The molecule has 29 heavy (non-hydrogen) atoms. The first-order valence-electron chi connectivity index (χ1n) is 9.22. The highest BCUT2D eigenvalue weighted by molar-refractivity contribution is 5.99. The summed E-state index contributed by atoms with van der Waals surface area (Å²) in [6, 6.07) is 14.1. The lowest BCUT2D eigenvalue weighted by molar-refractivity contribution is 0.0933. The predicted molar refractivity (Wildman–Crippen MR) is 108 cm³/mol. The highest BCUT2D eigenvalue weighted by atomic mass is 16.5. The van der Waals surface area contributed by atoms with Crippen molar-refractivity contribution in [3.8, 4) is 11.5 Å². The Kier molecular flexibility index (Phi) is 5.16. The van der Waals surface area contributed by atoms with E-state index < -0.39 is 12.3 Å². The number of aliphatic hydroxyl groups excluding tert-OH is 1. The lowest BCUT2D eigenvalue weighted by atomic mass is 9.99. The Morgan fingerprint density at radius 3 is 2.59 bits per heavy atom. The van der Waals surface area contributed by atoms with Crippen LogP contribution in [0.2, 0.25) is 0 Å². The van der Waals surface area contributed by atoms with Gasteiger partial charge >= 0.3 is 0 Å². The molecule has 1 aliphatic heterocycles. The number of anilines is 1. The van der Waals surface area contributed by atoms with Crippen LogP contribution in [0.4, 0.5) is 5.69 Å². The molecule has 2 unspecified atom stereocenters. The average molecular weight is 391 g/mol. The third kappa shape index (κ3) is 3.91. The average Bonchev–Trinajstić information content (AvgIpc) is 2.73. The number of fused-ring (bicyclic) bond motifs is 1. The summed E-state index contributed by atoms with van der Waals surface area (Å²) >= 11 is 0. The number of aliphatic hydroxyl groups is 1. The maximum atomic E-state index is 12.0. The summed E-state index contributed by atoms with van der Waals surface area (Å²) in [6.45, 7) is 0.360. The lowest BCUT2D eigenvalue weighted by Crippen LogP contribution is -2.16. The third-order valence-electron chi connectivity index (χ3n) is 4.84. The van der Waals surface area contributed by atoms with E-state index in [1.807, 2.05) is 12.1 Å². The number of pyridine rings is 1. The van der Waals surface area contributed by atoms with Crippen LogP contribution < -0.4 is 20.9 Å². The molecule has 1 aliphatic rings. The molecule has 2 aromatic carbocycles. The van der Waals surface area contributed by atoms with Gasteiger partial charge in [0.05, 0.1) is 24.1 Å². The van der Waals surface area contributed by atoms with Crippen LogP contribution in [0.1, 0.15) is 45.8 Å². The number of nitrogens with two attached hydrogens (primary N) is 2. The van der Waals surface area contributed by atoms with Gasteiger partial charge in [-0.15, -0.1) is 0 Å². The summed E-state index contributed by atoms with van der Waals surface area (Å²) in [5.74, 6) is 1.12. The monoisotopic (exact) mass is 391 g/mol. The van der Waals surface area contributed by atoms with Gasteiger partial charge < -0.3 is 26.0 Å². The second-order valence-electron chi connectivity index (χ2n) is 6.79. The first-order valence-corrected chi connectivity index (χ1v) is 9.22. The number of Topliss-reactive ketones (excluding diaryl/α,β-unsaturated/α-hetero) is 1. The van der Waals surface area contributed by atoms with Crippen LogP contribution in [-0.2, 0) is 0 Å². The van der Waals surface area contributed by atoms with Crippen LogP contribution in [0, 0.1) is 0 Å². The maximum absolute atomic E-state index is 12.0. The molecular weight excluding hydrogens is 370 g/mol. The Bertz CT molecular complexity index is 1030. The van der Waals surface area contributed by atoms with Crippen LogP contribution >= 0.6 is 0 Å². The van der Waals surface area contributed by atoms with Gasteiger partial charge in [-0.05, 0) is 29.3 Å². The number of ketones is 1. The number of rotatable bonds is 5. The molecule has 0 saturated carbocycles. The van der Waals surface area contributed by atoms with Crippen molar-refractivity contribution in [1.82, 2.24) is 4.98 Å². The van der Waals surface area contributed by atoms with E-state index in [2.05, 4.69) is 4.98 Å². The molecule has 0 aliphatic carbocycles. The lowest BCUT2D eigenvalue weighted by Gasteiger charge is -2.23. The highest BCUT2D eigenvalue weighted by Gasteiger charge is 2.22. The minimum Gasteiger partial charge on any atom is -0.492 e. The van der Waals surface area contributed by atoms with Crippen molar-refractivity contribution in [3.05, 3.63) is 83.2 Å². The second kappa shape index (κ2) is 7.90. The highest BCUT2D eigenvalue weighted by Crippen LogP contribution is 2.35. The molecule has 2 heterocycles. The van der Waals surface area contributed by atoms with Gasteiger partial charge in [-0.3, -0.25) is 9.78 Å². The molecule has 7 nitrogen and oxygen atoms in total.